The van der Waals surface area contributed by atoms with Crippen LogP contribution in [0.4, 0.5) is 5.69 Å². The SMILES string of the molecule is CCNCC1CCN(C(=O)CSc2ccc([N+](=O)[O-])cc2)CC1. The molecule has 1 N–H and O–H groups in total. The molecule has 1 aromatic carbocycles. The Bertz CT molecular complexity index is 528. The van der Waals surface area contributed by atoms with Crippen LogP contribution in [0.3, 0.4) is 0 Å². The van der Waals surface area contributed by atoms with E-state index in [1.807, 2.05) is 4.90 Å². The topological polar surface area (TPSA) is 75.5 Å². The van der Waals surface area contributed by atoms with Gasteiger partial charge in [0.05, 0.1) is 10.7 Å². The molecule has 1 saturated heterocycles. The average Bonchev–Trinajstić information content (AvgIpc) is 2.58. The average molecular weight is 337 g/mol. The van der Waals surface area contributed by atoms with Crippen LogP contribution in [0.1, 0.15) is 19.8 Å². The van der Waals surface area contributed by atoms with Gasteiger partial charge in [-0.2, -0.15) is 0 Å². The molecule has 0 spiro atoms. The van der Waals surface area contributed by atoms with Gasteiger partial charge in [0, 0.05) is 30.1 Å². The molecule has 0 saturated carbocycles. The molecule has 1 aliphatic rings. The van der Waals surface area contributed by atoms with Gasteiger partial charge in [-0.1, -0.05) is 6.92 Å². The number of hydrogen-bond donors (Lipinski definition) is 1. The van der Waals surface area contributed by atoms with Gasteiger partial charge in [0.1, 0.15) is 0 Å². The third kappa shape index (κ3) is 5.51. The number of likely N-dealkylation sites (tertiary alicyclic amines) is 1. The van der Waals surface area contributed by atoms with E-state index in [9.17, 15) is 14.9 Å². The molecule has 126 valence electrons. The Hall–Kier alpha value is -1.60. The second-order valence-corrected chi connectivity index (χ2v) is 6.72. The van der Waals surface area contributed by atoms with Gasteiger partial charge < -0.3 is 10.2 Å². The van der Waals surface area contributed by atoms with Gasteiger partial charge >= 0.3 is 0 Å². The molecule has 0 aromatic heterocycles. The van der Waals surface area contributed by atoms with E-state index in [0.717, 1.165) is 43.9 Å². The lowest BCUT2D eigenvalue weighted by molar-refractivity contribution is -0.384. The summed E-state index contributed by atoms with van der Waals surface area (Å²) in [5, 5.41) is 14.0. The second kappa shape index (κ2) is 8.88. The number of amides is 1. The number of nitro benzene ring substituents is 1. The number of thioether (sulfide) groups is 1. The van der Waals surface area contributed by atoms with E-state index in [4.69, 9.17) is 0 Å². The first-order valence-electron chi connectivity index (χ1n) is 7.96. The number of piperidine rings is 1. The Morgan fingerprint density at radius 3 is 2.57 bits per heavy atom. The fourth-order valence-electron chi connectivity index (χ4n) is 2.64. The maximum absolute atomic E-state index is 12.2. The summed E-state index contributed by atoms with van der Waals surface area (Å²) in [6, 6.07) is 6.33. The van der Waals surface area contributed by atoms with Crippen LogP contribution >= 0.6 is 11.8 Å². The Kier molecular flexibility index (Phi) is 6.85. The molecule has 0 unspecified atom stereocenters. The lowest BCUT2D eigenvalue weighted by Crippen LogP contribution is -2.41. The van der Waals surface area contributed by atoms with E-state index in [0.29, 0.717) is 11.7 Å². The van der Waals surface area contributed by atoms with Crippen molar-refractivity contribution in [3.63, 3.8) is 0 Å². The number of nitrogens with zero attached hydrogens (tertiary/aromatic N) is 2. The van der Waals surface area contributed by atoms with Crippen LogP contribution in [0.25, 0.3) is 0 Å². The number of nitro groups is 1. The highest BCUT2D eigenvalue weighted by molar-refractivity contribution is 8.00. The minimum absolute atomic E-state index is 0.0726. The molecule has 6 nitrogen and oxygen atoms in total. The van der Waals surface area contributed by atoms with Gasteiger partial charge in [-0.3, -0.25) is 14.9 Å². The summed E-state index contributed by atoms with van der Waals surface area (Å²) < 4.78 is 0. The highest BCUT2D eigenvalue weighted by Crippen LogP contribution is 2.23. The largest absolute Gasteiger partial charge is 0.342 e. The van der Waals surface area contributed by atoms with Crippen molar-refractivity contribution in [2.75, 3.05) is 31.9 Å². The van der Waals surface area contributed by atoms with E-state index in [2.05, 4.69) is 12.2 Å². The van der Waals surface area contributed by atoms with Crippen molar-refractivity contribution in [2.24, 2.45) is 5.92 Å². The van der Waals surface area contributed by atoms with Crippen molar-refractivity contribution >= 4 is 23.4 Å². The van der Waals surface area contributed by atoms with Crippen LogP contribution in [-0.4, -0.2) is 47.7 Å². The third-order valence-electron chi connectivity index (χ3n) is 4.06. The zero-order chi connectivity index (χ0) is 16.7. The molecule has 7 heteroatoms. The predicted molar refractivity (Wildman–Crippen MR) is 91.7 cm³/mol. The number of hydrogen-bond acceptors (Lipinski definition) is 5. The zero-order valence-electron chi connectivity index (χ0n) is 13.4. The Morgan fingerprint density at radius 1 is 1.35 bits per heavy atom. The van der Waals surface area contributed by atoms with Gasteiger partial charge in [-0.15, -0.1) is 11.8 Å². The van der Waals surface area contributed by atoms with Gasteiger partial charge in [-0.05, 0) is 44.0 Å². The van der Waals surface area contributed by atoms with Gasteiger partial charge in [0.25, 0.3) is 5.69 Å². The minimum atomic E-state index is -0.419. The van der Waals surface area contributed by atoms with Crippen molar-refractivity contribution < 1.29 is 9.72 Å². The van der Waals surface area contributed by atoms with E-state index in [1.165, 1.54) is 23.9 Å². The highest BCUT2D eigenvalue weighted by Gasteiger charge is 2.22. The maximum atomic E-state index is 12.2. The van der Waals surface area contributed by atoms with E-state index < -0.39 is 4.92 Å². The highest BCUT2D eigenvalue weighted by atomic mass is 32.2. The van der Waals surface area contributed by atoms with Crippen molar-refractivity contribution in [2.45, 2.75) is 24.7 Å². The molecule has 0 bridgehead atoms. The summed E-state index contributed by atoms with van der Waals surface area (Å²) in [5.41, 5.74) is 0.0726. The Labute approximate surface area is 140 Å². The van der Waals surface area contributed by atoms with Crippen molar-refractivity contribution in [3.05, 3.63) is 34.4 Å². The molecule has 0 atom stereocenters. The minimum Gasteiger partial charge on any atom is -0.342 e. The van der Waals surface area contributed by atoms with Crippen molar-refractivity contribution in [1.29, 1.82) is 0 Å². The molecule has 1 fully saturated rings. The van der Waals surface area contributed by atoms with Crippen LogP contribution in [-0.2, 0) is 4.79 Å². The molecule has 2 rings (SSSR count). The number of carbonyl (C=O) groups is 1. The molecular formula is C16H23N3O3S. The van der Waals surface area contributed by atoms with Crippen LogP contribution in [0, 0.1) is 16.0 Å². The smallest absolute Gasteiger partial charge is 0.269 e. The quantitative estimate of drug-likeness (QED) is 0.470. The van der Waals surface area contributed by atoms with E-state index in [1.54, 1.807) is 12.1 Å². The Morgan fingerprint density at radius 2 is 2.00 bits per heavy atom. The van der Waals surface area contributed by atoms with E-state index >= 15 is 0 Å². The monoisotopic (exact) mass is 337 g/mol. The predicted octanol–water partition coefficient (Wildman–Crippen LogP) is 2.54. The van der Waals surface area contributed by atoms with Crippen LogP contribution in [0.15, 0.2) is 29.2 Å². The van der Waals surface area contributed by atoms with Crippen LogP contribution < -0.4 is 5.32 Å². The fourth-order valence-corrected chi connectivity index (χ4v) is 3.44. The molecule has 0 aliphatic carbocycles. The number of benzene rings is 1. The van der Waals surface area contributed by atoms with E-state index in [-0.39, 0.29) is 11.6 Å². The van der Waals surface area contributed by atoms with Crippen molar-refractivity contribution in [3.8, 4) is 0 Å². The number of carbonyl (C=O) groups excluding carboxylic acids is 1. The molecular weight excluding hydrogens is 314 g/mol. The number of nitrogens with one attached hydrogen (secondary N) is 1. The molecule has 1 aliphatic heterocycles. The second-order valence-electron chi connectivity index (χ2n) is 5.67. The summed E-state index contributed by atoms with van der Waals surface area (Å²) in [7, 11) is 0. The first-order valence-corrected chi connectivity index (χ1v) is 8.94. The van der Waals surface area contributed by atoms with Gasteiger partial charge in [0.15, 0.2) is 0 Å². The number of rotatable bonds is 7. The summed E-state index contributed by atoms with van der Waals surface area (Å²) in [6.07, 6.45) is 2.11. The molecule has 23 heavy (non-hydrogen) atoms. The van der Waals surface area contributed by atoms with Crippen LogP contribution in [0.5, 0.6) is 0 Å². The lowest BCUT2D eigenvalue weighted by Gasteiger charge is -2.32. The summed E-state index contributed by atoms with van der Waals surface area (Å²) >= 11 is 1.43. The molecule has 1 amide bonds. The third-order valence-corrected chi connectivity index (χ3v) is 5.06. The summed E-state index contributed by atoms with van der Waals surface area (Å²) in [6.45, 7) is 5.79. The summed E-state index contributed by atoms with van der Waals surface area (Å²) in [5.74, 6) is 1.20. The zero-order valence-corrected chi connectivity index (χ0v) is 14.2. The van der Waals surface area contributed by atoms with Crippen LogP contribution in [0.2, 0.25) is 0 Å². The maximum Gasteiger partial charge on any atom is 0.269 e. The lowest BCUT2D eigenvalue weighted by atomic mass is 9.97. The Balaban J connectivity index is 1.74. The fraction of sp³-hybridized carbons (Fsp3) is 0.562. The van der Waals surface area contributed by atoms with Gasteiger partial charge in [-0.25, -0.2) is 0 Å². The number of non-ortho nitro benzene ring substituents is 1. The molecule has 1 heterocycles. The molecule has 1 aromatic rings. The first-order chi connectivity index (χ1) is 11.1. The van der Waals surface area contributed by atoms with Crippen molar-refractivity contribution in [1.82, 2.24) is 10.2 Å². The standard InChI is InChI=1S/C16H23N3O3S/c1-2-17-11-13-7-9-18(10-8-13)16(20)12-23-15-5-3-14(4-6-15)19(21)22/h3-6,13,17H,2,7-12H2,1H3. The normalized spacial score (nSPS) is 15.6. The molecule has 0 radical (unpaired) electrons. The summed E-state index contributed by atoms with van der Waals surface area (Å²) in [4.78, 5) is 25.3. The first kappa shape index (κ1) is 17.7. The van der Waals surface area contributed by atoms with Gasteiger partial charge in [0.2, 0.25) is 5.91 Å².